The number of nitrogens with zero attached hydrogens (tertiary/aromatic N) is 2. The summed E-state index contributed by atoms with van der Waals surface area (Å²) in [5, 5.41) is 0. The number of methoxy groups -OCH3 is 1. The molecular weight excluding hydrogens is 260 g/mol. The maximum atomic E-state index is 5.32. The van der Waals surface area contributed by atoms with Crippen molar-refractivity contribution in [1.29, 1.82) is 0 Å². The predicted octanol–water partition coefficient (Wildman–Crippen LogP) is 4.75. The first kappa shape index (κ1) is 13.9. The number of aliphatic imine (C=N–C) groups is 1. The van der Waals surface area contributed by atoms with Crippen LogP contribution in [0.5, 0.6) is 5.75 Å². The van der Waals surface area contributed by atoms with Crippen LogP contribution in [0.4, 0.5) is 5.69 Å². The summed E-state index contributed by atoms with van der Waals surface area (Å²) in [5.74, 6) is 0.806. The van der Waals surface area contributed by atoms with Gasteiger partial charge < -0.3 is 9.30 Å². The van der Waals surface area contributed by atoms with Crippen LogP contribution in [0, 0.1) is 0 Å². The summed E-state index contributed by atoms with van der Waals surface area (Å²) in [6.45, 7) is 0. The second-order valence-corrected chi connectivity index (χ2v) is 5.61. The van der Waals surface area contributed by atoms with Crippen LogP contribution in [0.3, 0.4) is 0 Å². The highest BCUT2D eigenvalue weighted by molar-refractivity contribution is 5.82. The topological polar surface area (TPSA) is 26.5 Å². The van der Waals surface area contributed by atoms with Gasteiger partial charge in [-0.25, -0.2) is 0 Å². The number of hydrogen-bond donors (Lipinski definition) is 0. The van der Waals surface area contributed by atoms with Gasteiger partial charge in [0.2, 0.25) is 0 Å². The van der Waals surface area contributed by atoms with Crippen molar-refractivity contribution >= 4 is 11.9 Å². The van der Waals surface area contributed by atoms with E-state index in [1.165, 1.54) is 32.1 Å². The smallest absolute Gasteiger partial charge is 0.144 e. The van der Waals surface area contributed by atoms with Gasteiger partial charge >= 0.3 is 0 Å². The molecule has 1 heterocycles. The third kappa shape index (κ3) is 3.35. The molecule has 3 heteroatoms. The SMILES string of the molecule is COc1ccccc1N=Cc1ccn(C2CCCCC2)c1. The fourth-order valence-corrected chi connectivity index (χ4v) is 2.99. The van der Waals surface area contributed by atoms with Crippen LogP contribution in [-0.2, 0) is 0 Å². The lowest BCUT2D eigenvalue weighted by atomic mass is 9.95. The monoisotopic (exact) mass is 282 g/mol. The molecule has 1 aromatic carbocycles. The van der Waals surface area contributed by atoms with E-state index in [4.69, 9.17) is 4.74 Å². The number of benzene rings is 1. The summed E-state index contributed by atoms with van der Waals surface area (Å²) in [6, 6.07) is 10.6. The van der Waals surface area contributed by atoms with Crippen LogP contribution in [0.15, 0.2) is 47.7 Å². The highest BCUT2D eigenvalue weighted by Crippen LogP contribution is 2.29. The molecule has 1 aromatic heterocycles. The molecule has 0 amide bonds. The number of rotatable bonds is 4. The highest BCUT2D eigenvalue weighted by atomic mass is 16.5. The van der Waals surface area contributed by atoms with Crippen molar-refractivity contribution < 1.29 is 4.74 Å². The molecule has 0 saturated heterocycles. The van der Waals surface area contributed by atoms with E-state index in [0.717, 1.165) is 17.0 Å². The van der Waals surface area contributed by atoms with Crippen LogP contribution in [0.2, 0.25) is 0 Å². The molecule has 110 valence electrons. The van der Waals surface area contributed by atoms with Crippen molar-refractivity contribution in [2.75, 3.05) is 7.11 Å². The van der Waals surface area contributed by atoms with Crippen LogP contribution >= 0.6 is 0 Å². The van der Waals surface area contributed by atoms with Crippen molar-refractivity contribution in [1.82, 2.24) is 4.57 Å². The second kappa shape index (κ2) is 6.61. The Morgan fingerprint density at radius 2 is 1.95 bits per heavy atom. The summed E-state index contributed by atoms with van der Waals surface area (Å²) in [6.07, 6.45) is 13.0. The molecule has 1 fully saturated rings. The second-order valence-electron chi connectivity index (χ2n) is 5.61. The molecule has 2 aromatic rings. The van der Waals surface area contributed by atoms with Gasteiger partial charge in [-0.15, -0.1) is 0 Å². The molecule has 21 heavy (non-hydrogen) atoms. The van der Waals surface area contributed by atoms with Gasteiger partial charge in [0.15, 0.2) is 0 Å². The van der Waals surface area contributed by atoms with Gasteiger partial charge in [-0.05, 0) is 31.0 Å². The van der Waals surface area contributed by atoms with E-state index in [2.05, 4.69) is 28.0 Å². The molecular formula is C18H22N2O. The summed E-state index contributed by atoms with van der Waals surface area (Å²) in [7, 11) is 1.67. The van der Waals surface area contributed by atoms with Crippen LogP contribution in [0.1, 0.15) is 43.7 Å². The van der Waals surface area contributed by atoms with Crippen LogP contribution in [0.25, 0.3) is 0 Å². The molecule has 0 radical (unpaired) electrons. The van der Waals surface area contributed by atoms with Crippen molar-refractivity contribution in [2.45, 2.75) is 38.1 Å². The fraction of sp³-hybridized carbons (Fsp3) is 0.389. The zero-order valence-corrected chi connectivity index (χ0v) is 12.5. The van der Waals surface area contributed by atoms with Crippen molar-refractivity contribution in [2.24, 2.45) is 4.99 Å². The predicted molar refractivity (Wildman–Crippen MR) is 86.8 cm³/mol. The number of ether oxygens (including phenoxy) is 1. The minimum atomic E-state index is 0.673. The molecule has 3 rings (SSSR count). The van der Waals surface area contributed by atoms with E-state index in [9.17, 15) is 0 Å². The summed E-state index contributed by atoms with van der Waals surface area (Å²) in [5.41, 5.74) is 2.01. The quantitative estimate of drug-likeness (QED) is 0.743. The lowest BCUT2D eigenvalue weighted by Crippen LogP contribution is -2.10. The summed E-state index contributed by atoms with van der Waals surface area (Å²) < 4.78 is 7.67. The standard InChI is InChI=1S/C18H22N2O/c1-21-18-10-6-5-9-17(18)19-13-15-11-12-20(14-15)16-7-3-2-4-8-16/h5-6,9-14,16H,2-4,7-8H2,1H3. The van der Waals surface area contributed by atoms with Gasteiger partial charge in [-0.3, -0.25) is 4.99 Å². The number of aromatic nitrogens is 1. The van der Waals surface area contributed by atoms with Crippen LogP contribution in [-0.4, -0.2) is 17.9 Å². The Bertz CT molecular complexity index is 609. The molecule has 1 aliphatic carbocycles. The molecule has 0 bridgehead atoms. The van der Waals surface area contributed by atoms with E-state index >= 15 is 0 Å². The Labute approximate surface area is 126 Å². The summed E-state index contributed by atoms with van der Waals surface area (Å²) in [4.78, 5) is 4.54. The largest absolute Gasteiger partial charge is 0.494 e. The summed E-state index contributed by atoms with van der Waals surface area (Å²) >= 11 is 0. The zero-order valence-electron chi connectivity index (χ0n) is 12.5. The van der Waals surface area contributed by atoms with Crippen LogP contribution < -0.4 is 4.74 Å². The Morgan fingerprint density at radius 1 is 1.14 bits per heavy atom. The van der Waals surface area contributed by atoms with Crippen molar-refractivity contribution in [3.63, 3.8) is 0 Å². The minimum Gasteiger partial charge on any atom is -0.494 e. The Kier molecular flexibility index (Phi) is 4.39. The Hall–Kier alpha value is -2.03. The molecule has 3 nitrogen and oxygen atoms in total. The normalized spacial score (nSPS) is 16.4. The first-order valence-corrected chi connectivity index (χ1v) is 7.71. The average molecular weight is 282 g/mol. The van der Waals surface area contributed by atoms with Gasteiger partial charge in [0.05, 0.1) is 7.11 Å². The van der Waals surface area contributed by atoms with Gasteiger partial charge in [-0.2, -0.15) is 0 Å². The highest BCUT2D eigenvalue weighted by Gasteiger charge is 2.14. The maximum Gasteiger partial charge on any atom is 0.144 e. The molecule has 1 aliphatic rings. The maximum absolute atomic E-state index is 5.32. The van der Waals surface area contributed by atoms with Gasteiger partial charge in [-0.1, -0.05) is 31.4 Å². The molecule has 0 N–H and O–H groups in total. The van der Waals surface area contributed by atoms with E-state index in [1.807, 2.05) is 30.5 Å². The lowest BCUT2D eigenvalue weighted by Gasteiger charge is -2.23. The molecule has 1 saturated carbocycles. The van der Waals surface area contributed by atoms with E-state index in [0.29, 0.717) is 6.04 Å². The minimum absolute atomic E-state index is 0.673. The van der Waals surface area contributed by atoms with E-state index in [1.54, 1.807) is 7.11 Å². The van der Waals surface area contributed by atoms with Gasteiger partial charge in [0.1, 0.15) is 11.4 Å². The number of para-hydroxylation sites is 2. The Morgan fingerprint density at radius 3 is 2.76 bits per heavy atom. The van der Waals surface area contributed by atoms with Gasteiger partial charge in [0, 0.05) is 30.2 Å². The molecule has 0 atom stereocenters. The van der Waals surface area contributed by atoms with Gasteiger partial charge in [0.25, 0.3) is 0 Å². The van der Waals surface area contributed by atoms with E-state index in [-0.39, 0.29) is 0 Å². The lowest BCUT2D eigenvalue weighted by molar-refractivity contribution is 0.354. The number of hydrogen-bond acceptors (Lipinski definition) is 2. The molecule has 0 unspecified atom stereocenters. The third-order valence-electron chi connectivity index (χ3n) is 4.17. The third-order valence-corrected chi connectivity index (χ3v) is 4.17. The van der Waals surface area contributed by atoms with Crippen molar-refractivity contribution in [3.05, 3.63) is 48.3 Å². The van der Waals surface area contributed by atoms with E-state index < -0.39 is 0 Å². The zero-order chi connectivity index (χ0) is 14.5. The first-order chi connectivity index (χ1) is 10.4. The average Bonchev–Trinajstić information content (AvgIpc) is 3.03. The molecule has 0 spiro atoms. The Balaban J connectivity index is 1.73. The fourth-order valence-electron chi connectivity index (χ4n) is 2.99. The first-order valence-electron chi connectivity index (χ1n) is 7.71. The molecule has 0 aliphatic heterocycles. The van der Waals surface area contributed by atoms with Crippen molar-refractivity contribution in [3.8, 4) is 5.75 Å².